The number of aromatic carboxylic acids is 1. The van der Waals surface area contributed by atoms with Crippen LogP contribution in [0, 0.1) is 0 Å². The van der Waals surface area contributed by atoms with Crippen molar-refractivity contribution in [2.24, 2.45) is 0 Å². The molecule has 124 valence electrons. The predicted octanol–water partition coefficient (Wildman–Crippen LogP) is 3.46. The zero-order valence-corrected chi connectivity index (χ0v) is 13.7. The lowest BCUT2D eigenvalue weighted by Crippen LogP contribution is -2.30. The van der Waals surface area contributed by atoms with Gasteiger partial charge in [-0.2, -0.15) is 0 Å². The fourth-order valence-electron chi connectivity index (χ4n) is 3.35. The summed E-state index contributed by atoms with van der Waals surface area (Å²) in [4.78, 5) is 25.2. The summed E-state index contributed by atoms with van der Waals surface area (Å²) in [6.45, 7) is 0. The van der Waals surface area contributed by atoms with E-state index in [-0.39, 0.29) is 17.5 Å². The third kappa shape index (κ3) is 3.32. The Bertz CT molecular complexity index is 752. The van der Waals surface area contributed by atoms with Gasteiger partial charge in [-0.3, -0.25) is 4.79 Å². The Labute approximate surface area is 141 Å². The van der Waals surface area contributed by atoms with E-state index in [1.54, 1.807) is 24.3 Å². The zero-order valence-electron chi connectivity index (χ0n) is 13.7. The van der Waals surface area contributed by atoms with E-state index in [1.807, 2.05) is 24.1 Å². The highest BCUT2D eigenvalue weighted by molar-refractivity contribution is 5.87. The van der Waals surface area contributed by atoms with Crippen LogP contribution in [0.5, 0.6) is 0 Å². The van der Waals surface area contributed by atoms with E-state index in [1.165, 1.54) is 11.1 Å². The second-order valence-corrected chi connectivity index (χ2v) is 6.26. The van der Waals surface area contributed by atoms with E-state index in [4.69, 9.17) is 5.11 Å². The average Bonchev–Trinajstić information content (AvgIpc) is 3.03. The van der Waals surface area contributed by atoms with Crippen molar-refractivity contribution < 1.29 is 14.7 Å². The highest BCUT2D eigenvalue weighted by Gasteiger charge is 2.27. The number of aryl methyl sites for hydroxylation is 2. The summed E-state index contributed by atoms with van der Waals surface area (Å²) in [6.07, 6.45) is 3.06. The highest BCUT2D eigenvalue weighted by Crippen LogP contribution is 2.35. The highest BCUT2D eigenvalue weighted by atomic mass is 16.4. The van der Waals surface area contributed by atoms with Gasteiger partial charge in [-0.1, -0.05) is 36.4 Å². The van der Waals surface area contributed by atoms with E-state index >= 15 is 0 Å². The minimum Gasteiger partial charge on any atom is -0.478 e. The van der Waals surface area contributed by atoms with Crippen LogP contribution in [-0.2, 0) is 17.6 Å². The second kappa shape index (κ2) is 6.87. The monoisotopic (exact) mass is 323 g/mol. The van der Waals surface area contributed by atoms with Gasteiger partial charge in [-0.15, -0.1) is 0 Å². The molecule has 0 bridgehead atoms. The van der Waals surface area contributed by atoms with E-state index in [2.05, 4.69) is 12.1 Å². The smallest absolute Gasteiger partial charge is 0.335 e. The number of carboxylic acid groups (broad SMARTS) is 1. The number of benzene rings is 2. The molecule has 0 aliphatic heterocycles. The topological polar surface area (TPSA) is 57.6 Å². The largest absolute Gasteiger partial charge is 0.478 e. The number of hydrogen-bond donors (Lipinski definition) is 1. The van der Waals surface area contributed by atoms with Gasteiger partial charge in [0.2, 0.25) is 5.91 Å². The first-order valence-corrected chi connectivity index (χ1v) is 8.22. The lowest BCUT2D eigenvalue weighted by molar-refractivity contribution is -0.132. The number of hydrogen-bond acceptors (Lipinski definition) is 2. The number of carbonyl (C=O) groups excluding carboxylic acids is 1. The Morgan fingerprint density at radius 1 is 1.12 bits per heavy atom. The van der Waals surface area contributed by atoms with Gasteiger partial charge in [0.1, 0.15) is 0 Å². The number of amides is 1. The molecule has 0 spiro atoms. The molecule has 24 heavy (non-hydrogen) atoms. The molecule has 0 saturated carbocycles. The molecular weight excluding hydrogens is 302 g/mol. The Morgan fingerprint density at radius 2 is 1.83 bits per heavy atom. The van der Waals surface area contributed by atoms with Crippen molar-refractivity contribution in [3.8, 4) is 0 Å². The van der Waals surface area contributed by atoms with Gasteiger partial charge in [0.15, 0.2) is 0 Å². The molecule has 0 saturated heterocycles. The van der Waals surface area contributed by atoms with Crippen molar-refractivity contribution in [3.63, 3.8) is 0 Å². The van der Waals surface area contributed by atoms with Crippen LogP contribution < -0.4 is 0 Å². The van der Waals surface area contributed by atoms with Gasteiger partial charge in [-0.25, -0.2) is 4.79 Å². The van der Waals surface area contributed by atoms with Crippen LogP contribution in [0.2, 0.25) is 0 Å². The lowest BCUT2D eigenvalue weighted by atomic mass is 10.0. The van der Waals surface area contributed by atoms with E-state index in [0.29, 0.717) is 12.8 Å². The quantitative estimate of drug-likeness (QED) is 0.916. The molecule has 2 aromatic rings. The second-order valence-electron chi connectivity index (χ2n) is 6.26. The molecule has 0 aromatic heterocycles. The molecule has 1 aliphatic rings. The van der Waals surface area contributed by atoms with Crippen LogP contribution in [0.4, 0.5) is 0 Å². The Kier molecular flexibility index (Phi) is 4.65. The minimum atomic E-state index is -0.933. The fourth-order valence-corrected chi connectivity index (χ4v) is 3.35. The zero-order chi connectivity index (χ0) is 17.1. The van der Waals surface area contributed by atoms with Gasteiger partial charge < -0.3 is 10.0 Å². The summed E-state index contributed by atoms with van der Waals surface area (Å²) in [5.74, 6) is -0.809. The molecule has 0 fully saturated rings. The van der Waals surface area contributed by atoms with E-state index < -0.39 is 5.97 Å². The number of carbonyl (C=O) groups is 2. The summed E-state index contributed by atoms with van der Waals surface area (Å²) in [5.41, 5.74) is 3.85. The molecule has 1 N–H and O–H groups in total. The summed E-state index contributed by atoms with van der Waals surface area (Å²) in [7, 11) is 1.88. The Balaban J connectivity index is 1.60. The first kappa shape index (κ1) is 16.2. The summed E-state index contributed by atoms with van der Waals surface area (Å²) >= 11 is 0. The molecule has 3 rings (SSSR count). The number of rotatable bonds is 5. The van der Waals surface area contributed by atoms with Gasteiger partial charge >= 0.3 is 5.97 Å². The maximum Gasteiger partial charge on any atom is 0.335 e. The predicted molar refractivity (Wildman–Crippen MR) is 92.0 cm³/mol. The van der Waals surface area contributed by atoms with Crippen molar-refractivity contribution in [3.05, 3.63) is 70.8 Å². The molecule has 1 unspecified atom stereocenters. The third-order valence-electron chi connectivity index (χ3n) is 4.79. The normalized spacial score (nSPS) is 15.8. The van der Waals surface area contributed by atoms with Crippen LogP contribution >= 0.6 is 0 Å². The van der Waals surface area contributed by atoms with Crippen LogP contribution in [-0.4, -0.2) is 28.9 Å². The SMILES string of the molecule is CN(C(=O)CCc1ccc(C(=O)O)cc1)C1CCc2ccccc21. The fraction of sp³-hybridized carbons (Fsp3) is 0.300. The molecule has 1 aliphatic carbocycles. The van der Waals surface area contributed by atoms with Gasteiger partial charge in [-0.05, 0) is 48.1 Å². The molecule has 1 amide bonds. The van der Waals surface area contributed by atoms with Crippen LogP contribution in [0.1, 0.15) is 45.9 Å². The van der Waals surface area contributed by atoms with Crippen molar-refractivity contribution >= 4 is 11.9 Å². The van der Waals surface area contributed by atoms with Crippen LogP contribution in [0.25, 0.3) is 0 Å². The molecular formula is C20H21NO3. The van der Waals surface area contributed by atoms with Crippen molar-refractivity contribution in [2.75, 3.05) is 7.05 Å². The van der Waals surface area contributed by atoms with E-state index in [9.17, 15) is 9.59 Å². The summed E-state index contributed by atoms with van der Waals surface area (Å²) in [5, 5.41) is 8.91. The molecule has 4 heteroatoms. The average molecular weight is 323 g/mol. The van der Waals surface area contributed by atoms with Crippen LogP contribution in [0.3, 0.4) is 0 Å². The number of carboxylic acids is 1. The molecule has 2 aromatic carbocycles. The van der Waals surface area contributed by atoms with Crippen molar-refractivity contribution in [2.45, 2.75) is 31.7 Å². The first-order chi connectivity index (χ1) is 11.6. The van der Waals surface area contributed by atoms with Gasteiger partial charge in [0.25, 0.3) is 0 Å². The lowest BCUT2D eigenvalue weighted by Gasteiger charge is -2.25. The summed E-state index contributed by atoms with van der Waals surface area (Å²) in [6, 6.07) is 15.2. The molecule has 0 heterocycles. The maximum absolute atomic E-state index is 12.5. The Morgan fingerprint density at radius 3 is 2.54 bits per heavy atom. The molecule has 4 nitrogen and oxygen atoms in total. The van der Waals surface area contributed by atoms with Crippen LogP contribution in [0.15, 0.2) is 48.5 Å². The maximum atomic E-state index is 12.5. The van der Waals surface area contributed by atoms with Crippen molar-refractivity contribution in [1.29, 1.82) is 0 Å². The minimum absolute atomic E-state index is 0.124. The molecule has 0 radical (unpaired) electrons. The van der Waals surface area contributed by atoms with Gasteiger partial charge in [0.05, 0.1) is 11.6 Å². The third-order valence-corrected chi connectivity index (χ3v) is 4.79. The van der Waals surface area contributed by atoms with E-state index in [0.717, 1.165) is 18.4 Å². The van der Waals surface area contributed by atoms with Gasteiger partial charge in [0, 0.05) is 13.5 Å². The first-order valence-electron chi connectivity index (χ1n) is 8.22. The summed E-state index contributed by atoms with van der Waals surface area (Å²) < 4.78 is 0. The Hall–Kier alpha value is -2.62. The standard InChI is InChI=1S/C20H21NO3/c1-21(18-12-11-15-4-2-3-5-17(15)18)19(22)13-8-14-6-9-16(10-7-14)20(23)24/h2-7,9-10,18H,8,11-13H2,1H3,(H,23,24). The molecule has 1 atom stereocenters. The number of nitrogens with zero attached hydrogens (tertiary/aromatic N) is 1. The number of fused-ring (bicyclic) bond motifs is 1. The van der Waals surface area contributed by atoms with Crippen molar-refractivity contribution in [1.82, 2.24) is 4.90 Å².